The Kier molecular flexibility index (Phi) is 7.95. The summed E-state index contributed by atoms with van der Waals surface area (Å²) in [6.07, 6.45) is 0.644. The van der Waals surface area contributed by atoms with Crippen molar-refractivity contribution in [3.05, 3.63) is 66.2 Å². The maximum atomic E-state index is 13.0. The van der Waals surface area contributed by atoms with Crippen LogP contribution in [0.4, 0.5) is 29.2 Å². The highest BCUT2D eigenvalue weighted by molar-refractivity contribution is 6.09. The van der Waals surface area contributed by atoms with Crippen molar-refractivity contribution in [2.75, 3.05) is 46.6 Å². The molecule has 3 aromatic carbocycles. The average Bonchev–Trinajstić information content (AvgIpc) is 2.97. The summed E-state index contributed by atoms with van der Waals surface area (Å²) < 4.78 is 0. The number of benzene rings is 3. The Labute approximate surface area is 248 Å². The number of carbonyl (C=O) groups is 1. The number of aliphatic hydroxyl groups excluding tert-OH is 1. The molecule has 0 bridgehead atoms. The molecule has 2 aliphatic rings. The van der Waals surface area contributed by atoms with Gasteiger partial charge in [-0.25, -0.2) is 0 Å². The van der Waals surface area contributed by atoms with Gasteiger partial charge >= 0.3 is 0 Å². The number of nitrogens with two attached hydrogens (primary N) is 3. The summed E-state index contributed by atoms with van der Waals surface area (Å²) in [6.45, 7) is 1.97. The molecule has 0 aliphatic carbocycles. The molecule has 0 saturated carbocycles. The summed E-state index contributed by atoms with van der Waals surface area (Å²) in [4.78, 5) is 30.8. The molecular weight excluding hydrogens is 548 g/mol. The summed E-state index contributed by atoms with van der Waals surface area (Å²) in [6, 6.07) is 17.4. The number of β-amino-alcohol motifs (C(OH)–C–C–N with tert-alkyl or cyclic N) is 1. The van der Waals surface area contributed by atoms with Gasteiger partial charge in [0.1, 0.15) is 5.75 Å². The van der Waals surface area contributed by atoms with Crippen LogP contribution < -0.4 is 37.6 Å². The zero-order valence-electron chi connectivity index (χ0n) is 23.6. The molecule has 224 valence electrons. The predicted molar refractivity (Wildman–Crippen MR) is 167 cm³/mol. The third-order valence-electron chi connectivity index (χ3n) is 7.70. The number of phenols is 1. The van der Waals surface area contributed by atoms with Crippen molar-refractivity contribution < 1.29 is 15.0 Å². The first kappa shape index (κ1) is 28.6. The van der Waals surface area contributed by atoms with E-state index in [2.05, 4.69) is 20.6 Å². The number of phenolic OH excluding ortho intramolecular Hbond substituents is 1. The average molecular weight is 585 g/mol. The maximum Gasteiger partial charge on any atom is 0.259 e. The van der Waals surface area contributed by atoms with Crippen LogP contribution in [0, 0.1) is 0 Å². The van der Waals surface area contributed by atoms with Crippen LogP contribution in [0.5, 0.6) is 5.75 Å². The molecule has 2 fully saturated rings. The number of nitrogens with zero attached hydrogens (tertiary/aromatic N) is 5. The van der Waals surface area contributed by atoms with Gasteiger partial charge in [0, 0.05) is 61.1 Å². The van der Waals surface area contributed by atoms with Gasteiger partial charge in [-0.05, 0) is 48.6 Å². The van der Waals surface area contributed by atoms with E-state index in [1.165, 1.54) is 0 Å². The number of piperidine rings is 2. The normalized spacial score (nSPS) is 22.4. The van der Waals surface area contributed by atoms with Gasteiger partial charge in [-0.3, -0.25) is 4.79 Å². The number of aromatic hydroxyl groups is 1. The van der Waals surface area contributed by atoms with E-state index in [0.29, 0.717) is 67.2 Å². The molecule has 13 nitrogen and oxygen atoms in total. The van der Waals surface area contributed by atoms with Gasteiger partial charge in [-0.2, -0.15) is 15.0 Å². The number of anilines is 5. The second-order valence-electron chi connectivity index (χ2n) is 11.3. The van der Waals surface area contributed by atoms with Gasteiger partial charge in [-0.1, -0.05) is 30.3 Å². The van der Waals surface area contributed by atoms with E-state index < -0.39 is 12.0 Å². The van der Waals surface area contributed by atoms with Crippen LogP contribution in [-0.2, 0) is 0 Å². The minimum Gasteiger partial charge on any atom is -0.506 e. The van der Waals surface area contributed by atoms with Crippen molar-refractivity contribution in [3.8, 4) is 5.75 Å². The van der Waals surface area contributed by atoms with Crippen molar-refractivity contribution in [2.45, 2.75) is 37.1 Å². The molecule has 4 aromatic rings. The van der Waals surface area contributed by atoms with Gasteiger partial charge < -0.3 is 47.8 Å². The minimum absolute atomic E-state index is 0.0619. The third kappa shape index (κ3) is 6.44. The zero-order chi connectivity index (χ0) is 30.1. The number of carbonyl (C=O) groups excluding carboxylic acids is 1. The highest BCUT2D eigenvalue weighted by Gasteiger charge is 2.29. The van der Waals surface area contributed by atoms with Crippen molar-refractivity contribution in [1.82, 2.24) is 15.0 Å². The largest absolute Gasteiger partial charge is 0.506 e. The van der Waals surface area contributed by atoms with E-state index in [1.54, 1.807) is 42.5 Å². The second kappa shape index (κ2) is 12.0. The molecule has 1 aromatic heterocycles. The molecule has 1 amide bonds. The predicted octanol–water partition coefficient (Wildman–Crippen LogP) is 1.49. The Morgan fingerprint density at radius 1 is 0.767 bits per heavy atom. The lowest BCUT2D eigenvalue weighted by atomic mass is 10.0. The SMILES string of the molecule is N[C@@H]1C[C@H](N)CN(c2nc(Nc3ccc(NC(=O)c4ccc5ccccc5c4O)cc3)nc(N3C[C@H](N)C[C@H](O)C3)n2)C1. The first-order valence-corrected chi connectivity index (χ1v) is 14.3. The van der Waals surface area contributed by atoms with E-state index in [4.69, 9.17) is 22.2 Å². The van der Waals surface area contributed by atoms with E-state index in [9.17, 15) is 15.0 Å². The number of aromatic nitrogens is 3. The second-order valence-corrected chi connectivity index (χ2v) is 11.3. The molecule has 3 heterocycles. The van der Waals surface area contributed by atoms with Gasteiger partial charge in [0.15, 0.2) is 0 Å². The number of hydrogen-bond acceptors (Lipinski definition) is 12. The Morgan fingerprint density at radius 3 is 2.05 bits per heavy atom. The molecule has 10 N–H and O–H groups in total. The maximum absolute atomic E-state index is 13.0. The molecule has 13 heteroatoms. The monoisotopic (exact) mass is 584 g/mol. The molecule has 2 saturated heterocycles. The minimum atomic E-state index is -0.587. The number of rotatable bonds is 6. The molecule has 0 radical (unpaired) electrons. The van der Waals surface area contributed by atoms with E-state index in [-0.39, 0.29) is 29.4 Å². The van der Waals surface area contributed by atoms with Crippen molar-refractivity contribution in [2.24, 2.45) is 17.2 Å². The van der Waals surface area contributed by atoms with Crippen LogP contribution in [-0.4, -0.2) is 81.5 Å². The molecule has 2 aliphatic heterocycles. The van der Waals surface area contributed by atoms with Crippen LogP contribution in [0.1, 0.15) is 23.2 Å². The molecular formula is C30H36N10O3. The summed E-state index contributed by atoms with van der Waals surface area (Å²) in [5.41, 5.74) is 20.1. The first-order valence-electron chi connectivity index (χ1n) is 14.3. The highest BCUT2D eigenvalue weighted by Crippen LogP contribution is 2.30. The topological polar surface area (TPSA) is 205 Å². The Hall–Kier alpha value is -4.56. The molecule has 6 rings (SSSR count). The molecule has 43 heavy (non-hydrogen) atoms. The van der Waals surface area contributed by atoms with Crippen molar-refractivity contribution in [3.63, 3.8) is 0 Å². The fraction of sp³-hybridized carbons (Fsp3) is 0.333. The standard InChI is InChI=1S/C30H36N10O3/c31-18-11-19(32)14-39(13-18)29-36-28(37-30(38-29)40-15-20(33)12-23(41)16-40)35-22-8-6-21(7-9-22)34-27(43)25-10-5-17-3-1-2-4-24(17)26(25)42/h1-10,18-20,23,41-42H,11-16,31-33H2,(H,34,43)(H,35,36,37,38)/t18-,19+,20-,23+/m1/s1. The van der Waals surface area contributed by atoms with Gasteiger partial charge in [0.2, 0.25) is 17.8 Å². The van der Waals surface area contributed by atoms with Crippen LogP contribution in [0.2, 0.25) is 0 Å². The molecule has 0 unspecified atom stereocenters. The number of hydrogen-bond donors (Lipinski definition) is 7. The summed E-state index contributed by atoms with van der Waals surface area (Å²) in [5, 5.41) is 28.5. The lowest BCUT2D eigenvalue weighted by Crippen LogP contribution is -2.53. The molecule has 0 spiro atoms. The number of nitrogens with one attached hydrogen (secondary N) is 2. The van der Waals surface area contributed by atoms with Gasteiger partial charge in [-0.15, -0.1) is 0 Å². The van der Waals surface area contributed by atoms with Gasteiger partial charge in [0.05, 0.1) is 11.7 Å². The zero-order valence-corrected chi connectivity index (χ0v) is 23.6. The number of aliphatic hydroxyl groups is 1. The Bertz CT molecular complexity index is 1550. The van der Waals surface area contributed by atoms with E-state index >= 15 is 0 Å². The fourth-order valence-corrected chi connectivity index (χ4v) is 5.71. The van der Waals surface area contributed by atoms with Crippen LogP contribution in [0.3, 0.4) is 0 Å². The number of fused-ring (bicyclic) bond motifs is 1. The smallest absolute Gasteiger partial charge is 0.259 e. The van der Waals surface area contributed by atoms with E-state index in [1.807, 2.05) is 28.0 Å². The summed E-state index contributed by atoms with van der Waals surface area (Å²) >= 11 is 0. The highest BCUT2D eigenvalue weighted by atomic mass is 16.3. The van der Waals surface area contributed by atoms with Crippen LogP contribution in [0.15, 0.2) is 60.7 Å². The Morgan fingerprint density at radius 2 is 1.37 bits per heavy atom. The van der Waals surface area contributed by atoms with Crippen LogP contribution in [0.25, 0.3) is 10.8 Å². The number of amides is 1. The van der Waals surface area contributed by atoms with Gasteiger partial charge in [0.25, 0.3) is 5.91 Å². The first-order chi connectivity index (χ1) is 20.7. The van der Waals surface area contributed by atoms with Crippen molar-refractivity contribution in [1.29, 1.82) is 0 Å². The summed E-state index contributed by atoms with van der Waals surface area (Å²) in [7, 11) is 0. The molecule has 4 atom stereocenters. The quantitative estimate of drug-likeness (QED) is 0.172. The van der Waals surface area contributed by atoms with E-state index in [0.717, 1.165) is 11.8 Å². The fourth-order valence-electron chi connectivity index (χ4n) is 5.71. The third-order valence-corrected chi connectivity index (χ3v) is 7.70. The lowest BCUT2D eigenvalue weighted by molar-refractivity contribution is 0.102. The lowest BCUT2D eigenvalue weighted by Gasteiger charge is -2.36. The van der Waals surface area contributed by atoms with Crippen molar-refractivity contribution >= 4 is 45.9 Å². The Balaban J connectivity index is 1.22. The van der Waals surface area contributed by atoms with Crippen LogP contribution >= 0.6 is 0 Å². The summed E-state index contributed by atoms with van der Waals surface area (Å²) in [5.74, 6) is 0.655.